The van der Waals surface area contributed by atoms with Crippen molar-refractivity contribution in [2.75, 3.05) is 6.54 Å². The first-order valence-electron chi connectivity index (χ1n) is 7.28. The van der Waals surface area contributed by atoms with Gasteiger partial charge in [-0.05, 0) is 44.4 Å². The molecule has 2 rings (SSSR count). The average molecular weight is 305 g/mol. The highest BCUT2D eigenvalue weighted by Crippen LogP contribution is 2.22. The number of rotatable bonds is 4. The number of carbonyl (C=O) groups is 1. The van der Waals surface area contributed by atoms with E-state index in [4.69, 9.17) is 5.73 Å². The molecule has 0 spiro atoms. The summed E-state index contributed by atoms with van der Waals surface area (Å²) in [5, 5.41) is 6.26. The Labute approximate surface area is 131 Å². The molecule has 0 saturated carbocycles. The van der Waals surface area contributed by atoms with E-state index in [0.29, 0.717) is 5.70 Å². The summed E-state index contributed by atoms with van der Waals surface area (Å²) >= 11 is 4.39. The van der Waals surface area contributed by atoms with Crippen LogP contribution in [0, 0.1) is 0 Å². The Kier molecular flexibility index (Phi) is 5.31. The lowest BCUT2D eigenvalue weighted by Crippen LogP contribution is -2.41. The molecule has 1 fully saturated rings. The first-order chi connectivity index (χ1) is 9.99. The van der Waals surface area contributed by atoms with Gasteiger partial charge in [-0.25, -0.2) is 0 Å². The molecule has 1 aliphatic heterocycles. The number of hydrogen-bond donors (Lipinski definition) is 4. The van der Waals surface area contributed by atoms with Gasteiger partial charge in [0.25, 0.3) is 0 Å². The SMILES string of the molecule is C/C(N)=C(/S)c1ccc([C@H](C)NC(=O)[C@@H]2CCCN2)cc1. The summed E-state index contributed by atoms with van der Waals surface area (Å²) in [5.41, 5.74) is 8.49. The quantitative estimate of drug-likeness (QED) is 0.645. The van der Waals surface area contributed by atoms with Crippen LogP contribution in [0.15, 0.2) is 30.0 Å². The standard InChI is InChI=1S/C16H23N3OS/c1-10(17)15(21)13-7-5-12(6-8-13)11(2)19-16(20)14-4-3-9-18-14/h5-8,11,14,18,21H,3-4,9,17H2,1-2H3,(H,19,20)/b15-10-/t11-,14-/m0/s1. The second-order valence-corrected chi connectivity index (χ2v) is 5.98. The minimum Gasteiger partial charge on any atom is -0.401 e. The van der Waals surface area contributed by atoms with Crippen LogP contribution in [-0.2, 0) is 4.79 Å². The lowest BCUT2D eigenvalue weighted by molar-refractivity contribution is -0.123. The van der Waals surface area contributed by atoms with Crippen LogP contribution < -0.4 is 16.4 Å². The molecule has 1 aromatic carbocycles. The number of nitrogens with one attached hydrogen (secondary N) is 2. The van der Waals surface area contributed by atoms with Crippen LogP contribution in [0.1, 0.15) is 43.9 Å². The van der Waals surface area contributed by atoms with E-state index in [1.165, 1.54) is 0 Å². The minimum absolute atomic E-state index is 0.0136. The molecule has 5 heteroatoms. The first kappa shape index (κ1) is 15.9. The van der Waals surface area contributed by atoms with E-state index in [9.17, 15) is 4.79 Å². The second-order valence-electron chi connectivity index (χ2n) is 5.53. The molecule has 4 nitrogen and oxygen atoms in total. The van der Waals surface area contributed by atoms with E-state index >= 15 is 0 Å². The maximum Gasteiger partial charge on any atom is 0.237 e. The third-order valence-electron chi connectivity index (χ3n) is 3.79. The summed E-state index contributed by atoms with van der Waals surface area (Å²) < 4.78 is 0. The molecule has 114 valence electrons. The van der Waals surface area contributed by atoms with E-state index in [0.717, 1.165) is 35.4 Å². The van der Waals surface area contributed by atoms with Gasteiger partial charge in [0.15, 0.2) is 0 Å². The lowest BCUT2D eigenvalue weighted by atomic mass is 10.0. The molecule has 1 amide bonds. The zero-order valence-electron chi connectivity index (χ0n) is 12.5. The van der Waals surface area contributed by atoms with Crippen molar-refractivity contribution < 1.29 is 4.79 Å². The minimum atomic E-state index is -0.0430. The fourth-order valence-corrected chi connectivity index (χ4v) is 2.61. The smallest absolute Gasteiger partial charge is 0.237 e. The van der Waals surface area contributed by atoms with Crippen molar-refractivity contribution >= 4 is 23.4 Å². The molecule has 0 aliphatic carbocycles. The normalized spacial score (nSPS) is 20.8. The second kappa shape index (κ2) is 7.00. The average Bonchev–Trinajstić information content (AvgIpc) is 3.00. The number of thiol groups is 1. The van der Waals surface area contributed by atoms with Crippen LogP contribution >= 0.6 is 12.6 Å². The summed E-state index contributed by atoms with van der Waals surface area (Å²) in [4.78, 5) is 12.9. The van der Waals surface area contributed by atoms with E-state index in [1.54, 1.807) is 0 Å². The zero-order valence-corrected chi connectivity index (χ0v) is 13.4. The molecule has 1 aliphatic rings. The van der Waals surface area contributed by atoms with Crippen molar-refractivity contribution in [2.45, 2.75) is 38.8 Å². The van der Waals surface area contributed by atoms with Gasteiger partial charge in [0.05, 0.1) is 12.1 Å². The van der Waals surface area contributed by atoms with Crippen LogP contribution in [0.3, 0.4) is 0 Å². The Balaban J connectivity index is 2.01. The highest BCUT2D eigenvalue weighted by Gasteiger charge is 2.23. The van der Waals surface area contributed by atoms with Crippen molar-refractivity contribution in [1.29, 1.82) is 0 Å². The molecule has 1 heterocycles. The van der Waals surface area contributed by atoms with Crippen LogP contribution in [0.5, 0.6) is 0 Å². The third kappa shape index (κ3) is 4.02. The molecule has 21 heavy (non-hydrogen) atoms. The summed E-state index contributed by atoms with van der Waals surface area (Å²) in [6, 6.07) is 7.90. The Morgan fingerprint density at radius 3 is 2.62 bits per heavy atom. The van der Waals surface area contributed by atoms with Crippen molar-refractivity contribution in [1.82, 2.24) is 10.6 Å². The van der Waals surface area contributed by atoms with Gasteiger partial charge in [-0.2, -0.15) is 0 Å². The highest BCUT2D eigenvalue weighted by molar-refractivity contribution is 7.90. The van der Waals surface area contributed by atoms with Crippen molar-refractivity contribution in [3.8, 4) is 0 Å². The van der Waals surface area contributed by atoms with Gasteiger partial charge in [0, 0.05) is 10.6 Å². The predicted octanol–water partition coefficient (Wildman–Crippen LogP) is 2.19. The molecular formula is C16H23N3OS. The predicted molar refractivity (Wildman–Crippen MR) is 89.8 cm³/mol. The molecule has 2 atom stereocenters. The van der Waals surface area contributed by atoms with Gasteiger partial charge in [-0.3, -0.25) is 4.79 Å². The van der Waals surface area contributed by atoms with Gasteiger partial charge in [-0.1, -0.05) is 24.3 Å². The van der Waals surface area contributed by atoms with Crippen molar-refractivity contribution in [2.24, 2.45) is 5.73 Å². The highest BCUT2D eigenvalue weighted by atomic mass is 32.1. The molecule has 1 aromatic rings. The third-order valence-corrected chi connectivity index (χ3v) is 4.40. The maximum absolute atomic E-state index is 12.1. The zero-order chi connectivity index (χ0) is 15.4. The molecule has 4 N–H and O–H groups in total. The summed E-state index contributed by atoms with van der Waals surface area (Å²) in [6.07, 6.45) is 1.98. The Bertz CT molecular complexity index is 529. The van der Waals surface area contributed by atoms with E-state index < -0.39 is 0 Å². The summed E-state index contributed by atoms with van der Waals surface area (Å²) in [7, 11) is 0. The Morgan fingerprint density at radius 2 is 2.10 bits per heavy atom. The number of hydrogen-bond acceptors (Lipinski definition) is 4. The van der Waals surface area contributed by atoms with Crippen LogP contribution in [-0.4, -0.2) is 18.5 Å². The van der Waals surface area contributed by atoms with Gasteiger partial charge >= 0.3 is 0 Å². The van der Waals surface area contributed by atoms with Crippen LogP contribution in [0.4, 0.5) is 0 Å². The number of nitrogens with two attached hydrogens (primary N) is 1. The molecule has 0 bridgehead atoms. The first-order valence-corrected chi connectivity index (χ1v) is 7.73. The topological polar surface area (TPSA) is 67.1 Å². The number of carbonyl (C=O) groups excluding carboxylic acids is 1. The van der Waals surface area contributed by atoms with Crippen molar-refractivity contribution in [3.05, 3.63) is 41.1 Å². The molecule has 0 aromatic heterocycles. The molecular weight excluding hydrogens is 282 g/mol. The van der Waals surface area contributed by atoms with Gasteiger partial charge in [0.2, 0.25) is 5.91 Å². The van der Waals surface area contributed by atoms with Crippen LogP contribution in [0.2, 0.25) is 0 Å². The molecule has 1 saturated heterocycles. The largest absolute Gasteiger partial charge is 0.401 e. The van der Waals surface area contributed by atoms with Crippen molar-refractivity contribution in [3.63, 3.8) is 0 Å². The number of amides is 1. The summed E-state index contributed by atoms with van der Waals surface area (Å²) in [6.45, 7) is 4.75. The summed E-state index contributed by atoms with van der Waals surface area (Å²) in [5.74, 6) is 0.0802. The maximum atomic E-state index is 12.1. The Morgan fingerprint density at radius 1 is 1.43 bits per heavy atom. The van der Waals surface area contributed by atoms with E-state index in [1.807, 2.05) is 38.1 Å². The van der Waals surface area contributed by atoms with E-state index in [2.05, 4.69) is 23.3 Å². The lowest BCUT2D eigenvalue weighted by Gasteiger charge is -2.18. The Hall–Kier alpha value is -1.46. The fraction of sp³-hybridized carbons (Fsp3) is 0.438. The number of allylic oxidation sites excluding steroid dienone is 1. The van der Waals surface area contributed by atoms with Crippen LogP contribution in [0.25, 0.3) is 4.91 Å². The van der Waals surface area contributed by atoms with Gasteiger partial charge in [-0.15, -0.1) is 12.6 Å². The molecule has 0 unspecified atom stereocenters. The van der Waals surface area contributed by atoms with Gasteiger partial charge in [0.1, 0.15) is 0 Å². The monoisotopic (exact) mass is 305 g/mol. The fourth-order valence-electron chi connectivity index (χ4n) is 2.46. The van der Waals surface area contributed by atoms with Gasteiger partial charge < -0.3 is 16.4 Å². The number of benzene rings is 1. The molecule has 0 radical (unpaired) electrons. The van der Waals surface area contributed by atoms with E-state index in [-0.39, 0.29) is 18.0 Å².